The van der Waals surface area contributed by atoms with Crippen LogP contribution in [-0.4, -0.2) is 63.6 Å². The van der Waals surface area contributed by atoms with Crippen molar-refractivity contribution in [2.75, 3.05) is 25.8 Å². The molecule has 0 amide bonds. The van der Waals surface area contributed by atoms with Gasteiger partial charge in [0.15, 0.2) is 6.23 Å². The molecule has 0 aromatic carbocycles. The van der Waals surface area contributed by atoms with E-state index in [1.54, 1.807) is 20.8 Å². The van der Waals surface area contributed by atoms with E-state index in [4.69, 9.17) is 15.0 Å². The number of carbonyl (C=O) groups excluding carboxylic acids is 1. The highest BCUT2D eigenvalue weighted by atomic mass is 31.2. The molecule has 31 heavy (non-hydrogen) atoms. The number of phosphoric acid groups is 1. The standard InChI is InChI=1S/C16H25FN3O10P/c1-9(2)29-15(23)26-8-28-31(24,25)27-7-16(6-17)4-11(21)13(30-16)20-5-10(3)12(18)19-14(20)22/h5,9,11,13,21H,4,6-8H2,1-3H3,(H,24,25)(H2,18,19,22)/t11-,13+,16+/m0/s1. The van der Waals surface area contributed by atoms with Gasteiger partial charge in [-0.1, -0.05) is 0 Å². The lowest BCUT2D eigenvalue weighted by atomic mass is 10.0. The summed E-state index contributed by atoms with van der Waals surface area (Å²) in [5, 5.41) is 10.3. The Balaban J connectivity index is 2.00. The molecule has 2 heterocycles. The molecule has 4 N–H and O–H groups in total. The number of nitrogens with zero attached hydrogens (tertiary/aromatic N) is 2. The number of carbonyl (C=O) groups is 1. The molecule has 0 spiro atoms. The summed E-state index contributed by atoms with van der Waals surface area (Å²) in [6.45, 7) is 1.73. The summed E-state index contributed by atoms with van der Waals surface area (Å²) >= 11 is 0. The van der Waals surface area contributed by atoms with Crippen LogP contribution in [0.3, 0.4) is 0 Å². The molecule has 0 aliphatic carbocycles. The minimum atomic E-state index is -4.79. The van der Waals surface area contributed by atoms with Gasteiger partial charge in [-0.25, -0.2) is 23.1 Å². The smallest absolute Gasteiger partial charge is 0.432 e. The summed E-state index contributed by atoms with van der Waals surface area (Å²) < 4.78 is 50.5. The quantitative estimate of drug-likeness (QED) is 0.263. The van der Waals surface area contributed by atoms with Crippen molar-refractivity contribution in [2.45, 2.75) is 51.2 Å². The Bertz CT molecular complexity index is 897. The fourth-order valence-electron chi connectivity index (χ4n) is 2.69. The molecule has 1 fully saturated rings. The first-order valence-corrected chi connectivity index (χ1v) is 10.6. The van der Waals surface area contributed by atoms with E-state index >= 15 is 0 Å². The van der Waals surface area contributed by atoms with E-state index in [0.717, 1.165) is 4.57 Å². The monoisotopic (exact) mass is 469 g/mol. The molecule has 2 rings (SSSR count). The Kier molecular flexibility index (Phi) is 8.14. The van der Waals surface area contributed by atoms with Gasteiger partial charge in [0.1, 0.15) is 24.2 Å². The number of rotatable bonds is 9. The molecular weight excluding hydrogens is 444 g/mol. The molecule has 176 valence electrons. The van der Waals surface area contributed by atoms with E-state index in [1.165, 1.54) is 6.20 Å². The van der Waals surface area contributed by atoms with E-state index in [-0.39, 0.29) is 12.2 Å². The van der Waals surface area contributed by atoms with E-state index in [9.17, 15) is 28.5 Å². The minimum absolute atomic E-state index is 0.00770. The highest BCUT2D eigenvalue weighted by molar-refractivity contribution is 7.47. The molecule has 0 radical (unpaired) electrons. The van der Waals surface area contributed by atoms with Crippen molar-refractivity contribution >= 4 is 19.8 Å². The number of nitrogens with two attached hydrogens (primary N) is 1. The Morgan fingerprint density at radius 1 is 1.52 bits per heavy atom. The van der Waals surface area contributed by atoms with Crippen molar-refractivity contribution in [3.63, 3.8) is 0 Å². The average molecular weight is 469 g/mol. The number of hydrogen-bond donors (Lipinski definition) is 3. The molecule has 15 heteroatoms. The third kappa shape index (κ3) is 6.69. The minimum Gasteiger partial charge on any atom is -0.432 e. The van der Waals surface area contributed by atoms with Crippen LogP contribution in [-0.2, 0) is 27.8 Å². The zero-order chi connectivity index (χ0) is 23.4. The van der Waals surface area contributed by atoms with Crippen LogP contribution < -0.4 is 11.4 Å². The fraction of sp³-hybridized carbons (Fsp3) is 0.688. The predicted molar refractivity (Wildman–Crippen MR) is 102 cm³/mol. The van der Waals surface area contributed by atoms with Crippen LogP contribution in [0.1, 0.15) is 32.1 Å². The second kappa shape index (κ2) is 10.0. The molecule has 1 unspecified atom stereocenters. The highest BCUT2D eigenvalue weighted by Crippen LogP contribution is 2.46. The largest absolute Gasteiger partial charge is 0.510 e. The Hall–Kier alpha value is -2.09. The zero-order valence-electron chi connectivity index (χ0n) is 17.1. The molecule has 0 bridgehead atoms. The van der Waals surface area contributed by atoms with E-state index in [0.29, 0.717) is 5.56 Å². The molecule has 1 aliphatic rings. The number of ether oxygens (including phenoxy) is 3. The first-order chi connectivity index (χ1) is 14.4. The third-order valence-electron chi connectivity index (χ3n) is 4.19. The fourth-order valence-corrected chi connectivity index (χ4v) is 3.35. The first kappa shape index (κ1) is 25.2. The predicted octanol–water partition coefficient (Wildman–Crippen LogP) is 0.775. The first-order valence-electron chi connectivity index (χ1n) is 9.10. The van der Waals surface area contributed by atoms with Gasteiger partial charge < -0.3 is 29.9 Å². The van der Waals surface area contributed by atoms with E-state index in [1.807, 2.05) is 0 Å². The summed E-state index contributed by atoms with van der Waals surface area (Å²) in [7, 11) is -4.79. The molecule has 1 aliphatic heterocycles. The number of alkyl halides is 1. The number of aryl methyl sites for hydroxylation is 1. The van der Waals surface area contributed by atoms with Gasteiger partial charge >= 0.3 is 19.7 Å². The maximum atomic E-state index is 13.8. The Morgan fingerprint density at radius 2 is 2.19 bits per heavy atom. The van der Waals surface area contributed by atoms with Crippen LogP contribution in [0.15, 0.2) is 11.0 Å². The lowest BCUT2D eigenvalue weighted by molar-refractivity contribution is -0.119. The van der Waals surface area contributed by atoms with Gasteiger partial charge in [0.05, 0.1) is 12.7 Å². The maximum Gasteiger partial charge on any atom is 0.510 e. The van der Waals surface area contributed by atoms with E-state index in [2.05, 4.69) is 19.0 Å². The second-order valence-electron chi connectivity index (χ2n) is 7.15. The van der Waals surface area contributed by atoms with Crippen LogP contribution in [0.4, 0.5) is 15.0 Å². The highest BCUT2D eigenvalue weighted by Gasteiger charge is 2.49. The summed E-state index contributed by atoms with van der Waals surface area (Å²) in [6.07, 6.45) is -3.34. The Labute approximate surface area is 176 Å². The number of aliphatic hydroxyl groups is 1. The van der Waals surface area contributed by atoms with Crippen LogP contribution >= 0.6 is 7.82 Å². The van der Waals surface area contributed by atoms with Gasteiger partial charge in [0.2, 0.25) is 6.79 Å². The molecular formula is C16H25FN3O10P. The number of phosphoric ester groups is 1. The molecule has 0 saturated carbocycles. The van der Waals surface area contributed by atoms with Gasteiger partial charge in [-0.15, -0.1) is 0 Å². The average Bonchev–Trinajstić information content (AvgIpc) is 2.99. The lowest BCUT2D eigenvalue weighted by Crippen LogP contribution is -2.38. The van der Waals surface area contributed by atoms with Crippen LogP contribution in [0.25, 0.3) is 0 Å². The lowest BCUT2D eigenvalue weighted by Gasteiger charge is -2.26. The zero-order valence-corrected chi connectivity index (χ0v) is 18.0. The SMILES string of the molecule is Cc1cn([C@@H]2O[C@](CF)(COP(=O)(O)OCOC(=O)OC(C)C)C[C@@H]2O)c(=O)nc1N. The number of hydrogen-bond acceptors (Lipinski definition) is 11. The summed E-state index contributed by atoms with van der Waals surface area (Å²) in [4.78, 5) is 36.6. The molecule has 1 aromatic rings. The van der Waals surface area contributed by atoms with Crippen molar-refractivity contribution in [2.24, 2.45) is 0 Å². The second-order valence-corrected chi connectivity index (χ2v) is 8.60. The number of nitrogen functional groups attached to an aromatic ring is 1. The summed E-state index contributed by atoms with van der Waals surface area (Å²) in [6, 6.07) is 0. The maximum absolute atomic E-state index is 13.8. The van der Waals surface area contributed by atoms with Gasteiger partial charge in [-0.05, 0) is 20.8 Å². The topological polar surface area (TPSA) is 182 Å². The van der Waals surface area contributed by atoms with Gasteiger partial charge in [-0.2, -0.15) is 4.98 Å². The number of anilines is 1. The van der Waals surface area contributed by atoms with Crippen LogP contribution in [0.5, 0.6) is 0 Å². The normalized spacial score (nSPS) is 25.4. The third-order valence-corrected chi connectivity index (χ3v) is 5.07. The number of aromatic nitrogens is 2. The Morgan fingerprint density at radius 3 is 2.81 bits per heavy atom. The van der Waals surface area contributed by atoms with Crippen molar-refractivity contribution in [1.82, 2.24) is 9.55 Å². The van der Waals surface area contributed by atoms with Gasteiger partial charge in [0.25, 0.3) is 0 Å². The summed E-state index contributed by atoms with van der Waals surface area (Å²) in [5.41, 5.74) is 3.31. The molecule has 1 saturated heterocycles. The van der Waals surface area contributed by atoms with Gasteiger partial charge in [-0.3, -0.25) is 9.09 Å². The van der Waals surface area contributed by atoms with Crippen molar-refractivity contribution in [3.05, 3.63) is 22.2 Å². The van der Waals surface area contributed by atoms with Crippen molar-refractivity contribution < 1.29 is 47.0 Å². The van der Waals surface area contributed by atoms with Crippen LogP contribution in [0.2, 0.25) is 0 Å². The van der Waals surface area contributed by atoms with Crippen molar-refractivity contribution in [3.8, 4) is 0 Å². The summed E-state index contributed by atoms with van der Waals surface area (Å²) in [5.74, 6) is -0.00770. The van der Waals surface area contributed by atoms with E-state index < -0.39 is 63.8 Å². The van der Waals surface area contributed by atoms with Gasteiger partial charge in [0, 0.05) is 18.2 Å². The molecule has 1 aromatic heterocycles. The van der Waals surface area contributed by atoms with Crippen molar-refractivity contribution in [1.29, 1.82) is 0 Å². The van der Waals surface area contributed by atoms with Crippen LogP contribution in [0, 0.1) is 6.92 Å². The number of aliphatic hydroxyl groups excluding tert-OH is 1. The molecule has 13 nitrogen and oxygen atoms in total. The molecule has 4 atom stereocenters. The number of halogens is 1.